The van der Waals surface area contributed by atoms with Gasteiger partial charge in [0.25, 0.3) is 0 Å². The molecular formula is C16H22N2O6. The zero-order valence-electron chi connectivity index (χ0n) is 14.2. The van der Waals surface area contributed by atoms with Crippen molar-refractivity contribution < 1.29 is 28.8 Å². The summed E-state index contributed by atoms with van der Waals surface area (Å²) < 4.78 is 21.5. The molecule has 24 heavy (non-hydrogen) atoms. The number of hydrogen-bond donors (Lipinski definition) is 1. The SMILES string of the molecule is CCC12CCC(Oc3nc(OC)cc(OC)n3)C1(OC(=O)O)C2C. The highest BCUT2D eigenvalue weighted by Gasteiger charge is 2.83. The van der Waals surface area contributed by atoms with Gasteiger partial charge < -0.3 is 24.1 Å². The lowest BCUT2D eigenvalue weighted by molar-refractivity contribution is -0.0368. The first-order valence-corrected chi connectivity index (χ1v) is 7.99. The van der Waals surface area contributed by atoms with E-state index < -0.39 is 17.9 Å². The van der Waals surface area contributed by atoms with E-state index in [0.29, 0.717) is 18.2 Å². The van der Waals surface area contributed by atoms with Gasteiger partial charge in [-0.05, 0) is 19.3 Å². The van der Waals surface area contributed by atoms with Crippen molar-refractivity contribution in [3.05, 3.63) is 6.07 Å². The Morgan fingerprint density at radius 3 is 2.42 bits per heavy atom. The van der Waals surface area contributed by atoms with Crippen molar-refractivity contribution in [1.29, 1.82) is 0 Å². The Bertz CT molecular complexity index is 631. The highest BCUT2D eigenvalue weighted by atomic mass is 16.7. The molecule has 0 spiro atoms. The molecule has 2 fully saturated rings. The van der Waals surface area contributed by atoms with Gasteiger partial charge in [0.2, 0.25) is 11.8 Å². The number of carbonyl (C=O) groups is 1. The minimum Gasteiger partial charge on any atom is -0.481 e. The molecule has 2 aliphatic carbocycles. The van der Waals surface area contributed by atoms with Crippen molar-refractivity contribution in [3.63, 3.8) is 0 Å². The number of ether oxygens (including phenoxy) is 4. The maximum Gasteiger partial charge on any atom is 0.506 e. The Balaban J connectivity index is 1.89. The first kappa shape index (κ1) is 16.6. The van der Waals surface area contributed by atoms with Crippen LogP contribution in [0.15, 0.2) is 6.07 Å². The molecule has 0 aromatic carbocycles. The third-order valence-corrected chi connectivity index (χ3v) is 5.71. The van der Waals surface area contributed by atoms with Crippen LogP contribution in [0.3, 0.4) is 0 Å². The molecule has 0 bridgehead atoms. The second kappa shape index (κ2) is 5.68. The van der Waals surface area contributed by atoms with Crippen molar-refractivity contribution >= 4 is 6.16 Å². The van der Waals surface area contributed by atoms with Gasteiger partial charge in [0.05, 0.1) is 20.3 Å². The lowest BCUT2D eigenvalue weighted by atomic mass is 9.97. The Hall–Kier alpha value is -2.25. The monoisotopic (exact) mass is 338 g/mol. The van der Waals surface area contributed by atoms with Gasteiger partial charge >= 0.3 is 12.2 Å². The summed E-state index contributed by atoms with van der Waals surface area (Å²) in [6.45, 7) is 4.06. The van der Waals surface area contributed by atoms with Gasteiger partial charge in [-0.25, -0.2) is 4.79 Å². The summed E-state index contributed by atoms with van der Waals surface area (Å²) in [6.07, 6.45) is 0.666. The van der Waals surface area contributed by atoms with E-state index in [1.807, 2.05) is 6.92 Å². The number of aromatic nitrogens is 2. The standard InChI is InChI=1S/C16H22N2O6/c1-5-15-7-6-10(16(15,9(15)2)24-14(19)20)23-13-17-11(21-3)8-12(18-13)22-4/h8-10H,5-7H2,1-4H3,(H,19,20). The molecule has 8 heteroatoms. The number of rotatable bonds is 6. The highest BCUT2D eigenvalue weighted by molar-refractivity contribution is 5.59. The third kappa shape index (κ3) is 2.16. The van der Waals surface area contributed by atoms with Gasteiger partial charge in [0.15, 0.2) is 5.60 Å². The maximum atomic E-state index is 11.2. The number of methoxy groups -OCH3 is 2. The largest absolute Gasteiger partial charge is 0.506 e. The molecule has 1 heterocycles. The zero-order chi connectivity index (χ0) is 17.5. The summed E-state index contributed by atoms with van der Waals surface area (Å²) in [5.74, 6) is 0.722. The summed E-state index contributed by atoms with van der Waals surface area (Å²) in [5, 5.41) is 9.19. The summed E-state index contributed by atoms with van der Waals surface area (Å²) >= 11 is 0. The van der Waals surface area contributed by atoms with E-state index in [1.165, 1.54) is 14.2 Å². The molecule has 2 aliphatic rings. The average Bonchev–Trinajstić information content (AvgIpc) is 2.91. The van der Waals surface area contributed by atoms with Gasteiger partial charge in [-0.2, -0.15) is 9.97 Å². The van der Waals surface area contributed by atoms with Crippen molar-refractivity contribution in [2.75, 3.05) is 14.2 Å². The zero-order valence-corrected chi connectivity index (χ0v) is 14.2. The van der Waals surface area contributed by atoms with Crippen LogP contribution in [0, 0.1) is 11.3 Å². The molecule has 1 aromatic rings. The van der Waals surface area contributed by atoms with Crippen LogP contribution in [0.5, 0.6) is 17.8 Å². The Kier molecular flexibility index (Phi) is 3.93. The Morgan fingerprint density at radius 1 is 1.33 bits per heavy atom. The highest BCUT2D eigenvalue weighted by Crippen LogP contribution is 2.75. The minimum absolute atomic E-state index is 0.0931. The number of nitrogens with zero attached hydrogens (tertiary/aromatic N) is 2. The van der Waals surface area contributed by atoms with Crippen molar-refractivity contribution in [2.45, 2.75) is 44.8 Å². The van der Waals surface area contributed by atoms with Gasteiger partial charge in [-0.1, -0.05) is 13.8 Å². The molecule has 2 saturated carbocycles. The van der Waals surface area contributed by atoms with Crippen molar-refractivity contribution in [1.82, 2.24) is 9.97 Å². The summed E-state index contributed by atoms with van der Waals surface area (Å²) in [5.41, 5.74) is -1.01. The molecule has 4 unspecified atom stereocenters. The van der Waals surface area contributed by atoms with Crippen LogP contribution in [-0.2, 0) is 4.74 Å². The minimum atomic E-state index is -1.28. The second-order valence-electron chi connectivity index (χ2n) is 6.27. The molecule has 0 radical (unpaired) electrons. The molecule has 1 N–H and O–H groups in total. The maximum absolute atomic E-state index is 11.2. The van der Waals surface area contributed by atoms with E-state index in [0.717, 1.165) is 12.8 Å². The van der Waals surface area contributed by atoms with Crippen LogP contribution in [0.1, 0.15) is 33.1 Å². The fourth-order valence-corrected chi connectivity index (χ4v) is 4.50. The van der Waals surface area contributed by atoms with Crippen molar-refractivity contribution in [3.8, 4) is 17.8 Å². The molecule has 4 atom stereocenters. The first-order valence-electron chi connectivity index (χ1n) is 7.99. The number of carboxylic acid groups (broad SMARTS) is 1. The van der Waals surface area contributed by atoms with Gasteiger partial charge in [0, 0.05) is 11.3 Å². The molecule has 1 aromatic heterocycles. The predicted octanol–water partition coefficient (Wildman–Crippen LogP) is 2.51. The van der Waals surface area contributed by atoms with Crippen LogP contribution < -0.4 is 14.2 Å². The van der Waals surface area contributed by atoms with E-state index in [4.69, 9.17) is 18.9 Å². The van der Waals surface area contributed by atoms with Crippen LogP contribution in [-0.4, -0.2) is 47.2 Å². The molecule has 132 valence electrons. The Labute approximate surface area is 140 Å². The Morgan fingerprint density at radius 2 is 1.96 bits per heavy atom. The molecule has 8 nitrogen and oxygen atoms in total. The first-order chi connectivity index (χ1) is 11.4. The average molecular weight is 338 g/mol. The van der Waals surface area contributed by atoms with E-state index >= 15 is 0 Å². The molecule has 0 saturated heterocycles. The van der Waals surface area contributed by atoms with E-state index in [-0.39, 0.29) is 17.3 Å². The van der Waals surface area contributed by atoms with Crippen LogP contribution >= 0.6 is 0 Å². The normalized spacial score (nSPS) is 33.5. The van der Waals surface area contributed by atoms with Gasteiger partial charge in [-0.3, -0.25) is 0 Å². The lowest BCUT2D eigenvalue weighted by Gasteiger charge is -2.24. The summed E-state index contributed by atoms with van der Waals surface area (Å²) in [7, 11) is 2.97. The van der Waals surface area contributed by atoms with E-state index in [2.05, 4.69) is 16.9 Å². The van der Waals surface area contributed by atoms with Gasteiger partial charge in [0.1, 0.15) is 6.10 Å². The number of fused-ring (bicyclic) bond motifs is 1. The van der Waals surface area contributed by atoms with Crippen molar-refractivity contribution in [2.24, 2.45) is 11.3 Å². The molecule has 0 amide bonds. The van der Waals surface area contributed by atoms with E-state index in [1.54, 1.807) is 6.07 Å². The molecule has 0 aliphatic heterocycles. The van der Waals surface area contributed by atoms with Crippen LogP contribution in [0.4, 0.5) is 4.79 Å². The fourth-order valence-electron chi connectivity index (χ4n) is 4.50. The summed E-state index contributed by atoms with van der Waals surface area (Å²) in [6, 6.07) is 1.64. The fraction of sp³-hybridized carbons (Fsp3) is 0.688. The summed E-state index contributed by atoms with van der Waals surface area (Å²) in [4.78, 5) is 19.6. The van der Waals surface area contributed by atoms with E-state index in [9.17, 15) is 9.90 Å². The second-order valence-corrected chi connectivity index (χ2v) is 6.27. The third-order valence-electron chi connectivity index (χ3n) is 5.71. The predicted molar refractivity (Wildman–Crippen MR) is 82.5 cm³/mol. The quantitative estimate of drug-likeness (QED) is 0.790. The lowest BCUT2D eigenvalue weighted by Crippen LogP contribution is -2.39. The van der Waals surface area contributed by atoms with Gasteiger partial charge in [-0.15, -0.1) is 0 Å². The smallest absolute Gasteiger partial charge is 0.481 e. The molecule has 3 rings (SSSR count). The topological polar surface area (TPSA) is 100 Å². The van der Waals surface area contributed by atoms with Crippen LogP contribution in [0.25, 0.3) is 0 Å². The van der Waals surface area contributed by atoms with Crippen LogP contribution in [0.2, 0.25) is 0 Å². The molecular weight excluding hydrogens is 316 g/mol. The number of hydrogen-bond acceptors (Lipinski definition) is 7.